The van der Waals surface area contributed by atoms with Crippen LogP contribution in [0.2, 0.25) is 0 Å². The van der Waals surface area contributed by atoms with Crippen molar-refractivity contribution in [2.45, 2.75) is 27.0 Å². The van der Waals surface area contributed by atoms with E-state index >= 15 is 0 Å². The minimum absolute atomic E-state index is 0.0964. The highest BCUT2D eigenvalue weighted by Crippen LogP contribution is 2.45. The Morgan fingerprint density at radius 1 is 0.615 bits per heavy atom. The Balaban J connectivity index is 1.42. The third-order valence-corrected chi connectivity index (χ3v) is 10.4. The van der Waals surface area contributed by atoms with E-state index in [0.717, 1.165) is 22.3 Å². The van der Waals surface area contributed by atoms with E-state index in [0.29, 0.717) is 12.2 Å². The molecule has 0 bridgehead atoms. The molecule has 5 rings (SSSR count). The molecule has 0 spiro atoms. The third kappa shape index (κ3) is 5.28. The van der Waals surface area contributed by atoms with Crippen molar-refractivity contribution in [2.24, 2.45) is 11.5 Å². The largest absolute Gasteiger partial charge is 0.487 e. The van der Waals surface area contributed by atoms with Gasteiger partial charge in [0.15, 0.2) is 31.2 Å². The van der Waals surface area contributed by atoms with Crippen LogP contribution in [-0.2, 0) is 26.1 Å². The fourth-order valence-electron chi connectivity index (χ4n) is 4.52. The van der Waals surface area contributed by atoms with Crippen molar-refractivity contribution < 1.29 is 26.3 Å². The summed E-state index contributed by atoms with van der Waals surface area (Å²) in [6.07, 6.45) is 0.535. The van der Waals surface area contributed by atoms with Crippen LogP contribution in [0, 0.1) is 0 Å². The summed E-state index contributed by atoms with van der Waals surface area (Å²) in [6, 6.07) is 27.3. The minimum atomic E-state index is -3.85. The molecule has 0 heterocycles. The lowest BCUT2D eigenvalue weighted by molar-refractivity contribution is 0.264. The molecule has 0 fully saturated rings. The Labute approximate surface area is 228 Å². The van der Waals surface area contributed by atoms with Gasteiger partial charge in [-0.3, -0.25) is 0 Å². The summed E-state index contributed by atoms with van der Waals surface area (Å²) in [5.41, 5.74) is 16.0. The van der Waals surface area contributed by atoms with Gasteiger partial charge in [-0.15, -0.1) is 0 Å². The molecule has 0 saturated carbocycles. The van der Waals surface area contributed by atoms with Crippen molar-refractivity contribution in [1.29, 1.82) is 0 Å². The van der Waals surface area contributed by atoms with Gasteiger partial charge in [0.1, 0.15) is 24.0 Å². The SMILES string of the molecule is NC(COc1ccc2c(c1OCC(N)S(=O)(=O)c1ccccc1)Cc1ccccc1-2)S(=O)(=O)c1ccccc1. The number of hydrogen-bond acceptors (Lipinski definition) is 8. The van der Waals surface area contributed by atoms with Crippen LogP contribution < -0.4 is 20.9 Å². The normalized spacial score (nSPS) is 14.2. The van der Waals surface area contributed by atoms with Crippen LogP contribution in [0.1, 0.15) is 11.1 Å². The van der Waals surface area contributed by atoms with Crippen molar-refractivity contribution in [3.63, 3.8) is 0 Å². The van der Waals surface area contributed by atoms with Crippen LogP contribution in [-0.4, -0.2) is 40.8 Å². The summed E-state index contributed by atoms with van der Waals surface area (Å²) in [4.78, 5) is 0.194. The standard InChI is InChI=1S/C29H28N2O6S2/c30-27(38(32,33)21-10-3-1-4-11-21)18-36-26-16-15-24-23-14-8-7-9-20(23)17-25(24)29(26)37-19-28(31)39(34,35)22-12-5-2-6-13-22/h1-16,27-28H,17-19,30-31H2. The lowest BCUT2D eigenvalue weighted by Gasteiger charge is -2.20. The molecule has 4 N–H and O–H groups in total. The fourth-order valence-corrected chi connectivity index (χ4v) is 6.79. The number of fused-ring (bicyclic) bond motifs is 3. The second-order valence-electron chi connectivity index (χ2n) is 9.17. The Morgan fingerprint density at radius 2 is 1.13 bits per heavy atom. The zero-order valence-corrected chi connectivity index (χ0v) is 22.6. The summed E-state index contributed by atoms with van der Waals surface area (Å²) >= 11 is 0. The van der Waals surface area contributed by atoms with Gasteiger partial charge < -0.3 is 20.9 Å². The van der Waals surface area contributed by atoms with Crippen molar-refractivity contribution in [2.75, 3.05) is 13.2 Å². The fraction of sp³-hybridized carbons (Fsp3) is 0.172. The smallest absolute Gasteiger partial charge is 0.197 e. The first-order valence-corrected chi connectivity index (χ1v) is 15.4. The van der Waals surface area contributed by atoms with Gasteiger partial charge in [0, 0.05) is 12.0 Å². The first-order chi connectivity index (χ1) is 18.7. The van der Waals surface area contributed by atoms with Crippen LogP contribution >= 0.6 is 0 Å². The number of benzene rings is 4. The molecule has 202 valence electrons. The average molecular weight is 565 g/mol. The minimum Gasteiger partial charge on any atom is -0.487 e. The lowest BCUT2D eigenvalue weighted by Crippen LogP contribution is -2.37. The molecule has 1 aliphatic carbocycles. The van der Waals surface area contributed by atoms with Gasteiger partial charge in [-0.25, -0.2) is 16.8 Å². The number of hydrogen-bond donors (Lipinski definition) is 2. The van der Waals surface area contributed by atoms with E-state index < -0.39 is 30.4 Å². The van der Waals surface area contributed by atoms with Gasteiger partial charge in [-0.05, 0) is 47.0 Å². The molecule has 10 heteroatoms. The summed E-state index contributed by atoms with van der Waals surface area (Å²) in [5, 5.41) is -2.67. The zero-order chi connectivity index (χ0) is 27.6. The van der Waals surface area contributed by atoms with Crippen LogP contribution in [0.4, 0.5) is 0 Å². The van der Waals surface area contributed by atoms with E-state index in [1.54, 1.807) is 42.5 Å². The van der Waals surface area contributed by atoms with E-state index in [1.165, 1.54) is 24.3 Å². The molecule has 0 amide bonds. The number of sulfone groups is 2. The van der Waals surface area contributed by atoms with Crippen molar-refractivity contribution in [3.05, 3.63) is 108 Å². The number of ether oxygens (including phenoxy) is 2. The second kappa shape index (κ2) is 10.8. The van der Waals surface area contributed by atoms with Gasteiger partial charge in [-0.1, -0.05) is 66.7 Å². The van der Waals surface area contributed by atoms with Gasteiger partial charge in [0.25, 0.3) is 0 Å². The maximum Gasteiger partial charge on any atom is 0.197 e. The Kier molecular flexibility index (Phi) is 7.46. The van der Waals surface area contributed by atoms with Crippen molar-refractivity contribution in [3.8, 4) is 22.6 Å². The first-order valence-electron chi connectivity index (χ1n) is 12.3. The Hall–Kier alpha value is -3.70. The maximum atomic E-state index is 13.0. The van der Waals surface area contributed by atoms with Gasteiger partial charge >= 0.3 is 0 Å². The van der Waals surface area contributed by atoms with Gasteiger partial charge in [-0.2, -0.15) is 0 Å². The number of nitrogens with two attached hydrogens (primary N) is 2. The summed E-state index contributed by atoms with van der Waals surface area (Å²) in [5.74, 6) is 0.566. The van der Waals surface area contributed by atoms with E-state index in [1.807, 2.05) is 30.3 Å². The molecular weight excluding hydrogens is 536 g/mol. The molecular formula is C29H28N2O6S2. The average Bonchev–Trinajstić information content (AvgIpc) is 3.34. The van der Waals surface area contributed by atoms with Gasteiger partial charge in [0.2, 0.25) is 0 Å². The van der Waals surface area contributed by atoms with Crippen LogP contribution in [0.25, 0.3) is 11.1 Å². The van der Waals surface area contributed by atoms with E-state index in [4.69, 9.17) is 20.9 Å². The summed E-state index contributed by atoms with van der Waals surface area (Å²) in [6.45, 7) is -0.678. The molecule has 0 aromatic heterocycles. The zero-order valence-electron chi connectivity index (χ0n) is 20.9. The third-order valence-electron chi connectivity index (χ3n) is 6.63. The Bertz CT molecular complexity index is 1690. The molecule has 8 nitrogen and oxygen atoms in total. The molecule has 1 aliphatic rings. The van der Waals surface area contributed by atoms with Crippen LogP contribution in [0.15, 0.2) is 107 Å². The summed E-state index contributed by atoms with van der Waals surface area (Å²) in [7, 11) is -7.69. The predicted molar refractivity (Wildman–Crippen MR) is 149 cm³/mol. The number of rotatable bonds is 10. The van der Waals surface area contributed by atoms with Crippen molar-refractivity contribution >= 4 is 19.7 Å². The van der Waals surface area contributed by atoms with E-state index in [2.05, 4.69) is 0 Å². The molecule has 0 saturated heterocycles. The topological polar surface area (TPSA) is 139 Å². The highest BCUT2D eigenvalue weighted by molar-refractivity contribution is 7.92. The molecule has 4 aromatic rings. The molecule has 2 unspecified atom stereocenters. The first kappa shape index (κ1) is 26.9. The Morgan fingerprint density at radius 3 is 1.72 bits per heavy atom. The van der Waals surface area contributed by atoms with Gasteiger partial charge in [0.05, 0.1) is 9.79 Å². The van der Waals surface area contributed by atoms with Crippen molar-refractivity contribution in [1.82, 2.24) is 0 Å². The van der Waals surface area contributed by atoms with Crippen LogP contribution in [0.5, 0.6) is 11.5 Å². The lowest BCUT2D eigenvalue weighted by atomic mass is 10.1. The molecule has 2 atom stereocenters. The van der Waals surface area contributed by atoms with E-state index in [-0.39, 0.29) is 28.8 Å². The highest BCUT2D eigenvalue weighted by atomic mass is 32.2. The van der Waals surface area contributed by atoms with Crippen LogP contribution in [0.3, 0.4) is 0 Å². The maximum absolute atomic E-state index is 13.0. The predicted octanol–water partition coefficient (Wildman–Crippen LogP) is 3.53. The molecule has 39 heavy (non-hydrogen) atoms. The quantitative estimate of drug-likeness (QED) is 0.263. The second-order valence-corrected chi connectivity index (χ2v) is 13.5. The summed E-state index contributed by atoms with van der Waals surface area (Å²) < 4.78 is 63.8. The molecule has 4 aromatic carbocycles. The monoisotopic (exact) mass is 564 g/mol. The molecule has 0 aliphatic heterocycles. The molecule has 0 radical (unpaired) electrons. The highest BCUT2D eigenvalue weighted by Gasteiger charge is 2.30. The van der Waals surface area contributed by atoms with E-state index in [9.17, 15) is 16.8 Å².